The molecule has 0 saturated carbocycles. The molecule has 9 heteroatoms. The Morgan fingerprint density at radius 2 is 1.46 bits per heavy atom. The molecular weight excluding hydrogens is 364 g/mol. The first-order valence-corrected chi connectivity index (χ1v) is 10.3. The van der Waals surface area contributed by atoms with Gasteiger partial charge in [-0.2, -0.15) is 0 Å². The van der Waals surface area contributed by atoms with Crippen LogP contribution in [0.25, 0.3) is 10.4 Å². The molecule has 0 fully saturated rings. The summed E-state index contributed by atoms with van der Waals surface area (Å²) in [6.45, 7) is 14.7. The van der Waals surface area contributed by atoms with Crippen molar-refractivity contribution in [2.24, 2.45) is 11.0 Å². The molecule has 1 atom stereocenters. The third-order valence-corrected chi connectivity index (χ3v) is 3.86. The monoisotopic (exact) mass is 404 g/mol. The fraction of sp³-hybridized carbons (Fsp3) is 1.00. The molecular formula is C19H40N4O5. The normalized spacial score (nSPS) is 13.5. The number of hydrogen-bond donors (Lipinski definition) is 1. The van der Waals surface area contributed by atoms with E-state index in [1.807, 2.05) is 0 Å². The molecule has 9 nitrogen and oxygen atoms in total. The molecule has 0 aromatic heterocycles. The van der Waals surface area contributed by atoms with Crippen molar-refractivity contribution in [3.05, 3.63) is 10.4 Å². The fourth-order valence-electron chi connectivity index (χ4n) is 2.11. The van der Waals surface area contributed by atoms with Crippen LogP contribution >= 0.6 is 0 Å². The van der Waals surface area contributed by atoms with Crippen molar-refractivity contribution in [1.29, 1.82) is 0 Å². The third-order valence-electron chi connectivity index (χ3n) is 3.86. The summed E-state index contributed by atoms with van der Waals surface area (Å²) in [5.74, 6) is 0.646. The molecule has 0 spiro atoms. The minimum atomic E-state index is -0.947. The van der Waals surface area contributed by atoms with E-state index in [2.05, 4.69) is 36.1 Å². The van der Waals surface area contributed by atoms with Crippen molar-refractivity contribution < 1.29 is 23.7 Å². The van der Waals surface area contributed by atoms with Gasteiger partial charge in [0.05, 0.1) is 46.2 Å². The van der Waals surface area contributed by atoms with Gasteiger partial charge in [-0.1, -0.05) is 25.9 Å². The molecule has 0 saturated heterocycles. The van der Waals surface area contributed by atoms with Crippen LogP contribution in [0.2, 0.25) is 0 Å². The maximum atomic E-state index is 8.77. The molecule has 1 unspecified atom stereocenters. The highest BCUT2D eigenvalue weighted by Gasteiger charge is 2.23. The van der Waals surface area contributed by atoms with E-state index in [1.165, 1.54) is 0 Å². The van der Waals surface area contributed by atoms with E-state index < -0.39 is 5.72 Å². The standard InChI is InChI=1S/C19H40N4O5/c1-5-21-8-11-26-14-13-25-10-7-19(4,22-23-20)28-17-16-27-15-12-24-9-6-18(2)3/h18,21H,5-17H2,1-4H3. The van der Waals surface area contributed by atoms with Gasteiger partial charge < -0.3 is 29.0 Å². The van der Waals surface area contributed by atoms with E-state index in [4.69, 9.17) is 29.2 Å². The largest absolute Gasteiger partial charge is 0.379 e. The summed E-state index contributed by atoms with van der Waals surface area (Å²) in [6, 6.07) is 0. The summed E-state index contributed by atoms with van der Waals surface area (Å²) in [7, 11) is 0. The van der Waals surface area contributed by atoms with Crippen molar-refractivity contribution >= 4 is 0 Å². The molecule has 0 radical (unpaired) electrons. The fourth-order valence-corrected chi connectivity index (χ4v) is 2.11. The van der Waals surface area contributed by atoms with Crippen molar-refractivity contribution in [1.82, 2.24) is 5.32 Å². The molecule has 0 aliphatic heterocycles. The predicted molar refractivity (Wildman–Crippen MR) is 109 cm³/mol. The molecule has 0 bridgehead atoms. The van der Waals surface area contributed by atoms with Crippen LogP contribution in [0.15, 0.2) is 5.11 Å². The minimum absolute atomic E-state index is 0.342. The second-order valence-electron chi connectivity index (χ2n) is 6.95. The molecule has 0 heterocycles. The third kappa shape index (κ3) is 18.4. The molecule has 0 aliphatic carbocycles. The first-order chi connectivity index (χ1) is 13.5. The zero-order valence-electron chi connectivity index (χ0n) is 18.2. The highest BCUT2D eigenvalue weighted by Crippen LogP contribution is 2.17. The van der Waals surface area contributed by atoms with Crippen LogP contribution < -0.4 is 5.32 Å². The van der Waals surface area contributed by atoms with Crippen molar-refractivity contribution in [3.63, 3.8) is 0 Å². The first-order valence-electron chi connectivity index (χ1n) is 10.3. The van der Waals surface area contributed by atoms with E-state index in [0.717, 1.165) is 26.1 Å². The summed E-state index contributed by atoms with van der Waals surface area (Å²) in [6.07, 6.45) is 1.52. The van der Waals surface area contributed by atoms with Gasteiger partial charge in [0.15, 0.2) is 0 Å². The van der Waals surface area contributed by atoms with Crippen LogP contribution in [0.3, 0.4) is 0 Å². The average molecular weight is 405 g/mol. The topological polar surface area (TPSA) is 107 Å². The van der Waals surface area contributed by atoms with E-state index >= 15 is 0 Å². The molecule has 0 aliphatic rings. The van der Waals surface area contributed by atoms with Crippen LogP contribution in [0.5, 0.6) is 0 Å². The Balaban J connectivity index is 3.69. The average Bonchev–Trinajstić information content (AvgIpc) is 2.65. The molecule has 0 rings (SSSR count). The number of azide groups is 1. The van der Waals surface area contributed by atoms with E-state index in [1.54, 1.807) is 6.92 Å². The smallest absolute Gasteiger partial charge is 0.146 e. The van der Waals surface area contributed by atoms with E-state index in [-0.39, 0.29) is 0 Å². The second kappa shape index (κ2) is 19.4. The Hall–Kier alpha value is -0.930. The Morgan fingerprint density at radius 3 is 2.07 bits per heavy atom. The molecule has 166 valence electrons. The van der Waals surface area contributed by atoms with E-state index in [9.17, 15) is 0 Å². The maximum Gasteiger partial charge on any atom is 0.146 e. The summed E-state index contributed by atoms with van der Waals surface area (Å²) < 4.78 is 27.6. The zero-order valence-corrected chi connectivity index (χ0v) is 18.2. The lowest BCUT2D eigenvalue weighted by atomic mass is 10.1. The SMILES string of the molecule is CCNCCOCCOCCC(C)(N=[N+]=[N-])OCCOCCOCCC(C)C. The van der Waals surface area contributed by atoms with E-state index in [0.29, 0.717) is 65.2 Å². The number of ether oxygens (including phenoxy) is 5. The Labute approximate surface area is 170 Å². The van der Waals surface area contributed by atoms with Gasteiger partial charge in [-0.25, -0.2) is 0 Å². The molecule has 1 N–H and O–H groups in total. The summed E-state index contributed by atoms with van der Waals surface area (Å²) in [5.41, 5.74) is 7.82. The van der Waals surface area contributed by atoms with Gasteiger partial charge in [0.1, 0.15) is 5.72 Å². The summed E-state index contributed by atoms with van der Waals surface area (Å²) in [4.78, 5) is 2.88. The number of rotatable bonds is 21. The number of hydrogen-bond acceptors (Lipinski definition) is 7. The van der Waals surface area contributed by atoms with Gasteiger partial charge in [-0.15, -0.1) is 0 Å². The predicted octanol–water partition coefficient (Wildman–Crippen LogP) is 3.14. The summed E-state index contributed by atoms with van der Waals surface area (Å²) in [5, 5.41) is 6.94. The quantitative estimate of drug-likeness (QED) is 0.136. The van der Waals surface area contributed by atoms with Gasteiger partial charge in [-0.05, 0) is 31.3 Å². The number of nitrogens with one attached hydrogen (secondary N) is 1. The number of likely N-dealkylation sites (N-methyl/N-ethyl adjacent to an activating group) is 1. The van der Waals surface area contributed by atoms with Crippen molar-refractivity contribution in [2.45, 2.75) is 46.3 Å². The van der Waals surface area contributed by atoms with Gasteiger partial charge >= 0.3 is 0 Å². The Kier molecular flexibility index (Phi) is 18.7. The van der Waals surface area contributed by atoms with Gasteiger partial charge in [0, 0.05) is 31.1 Å². The van der Waals surface area contributed by atoms with Crippen LogP contribution in [0, 0.1) is 5.92 Å². The molecule has 0 amide bonds. The molecule has 28 heavy (non-hydrogen) atoms. The van der Waals surface area contributed by atoms with Gasteiger partial charge in [0.2, 0.25) is 0 Å². The van der Waals surface area contributed by atoms with Crippen molar-refractivity contribution in [3.8, 4) is 0 Å². The lowest BCUT2D eigenvalue weighted by Crippen LogP contribution is -2.29. The number of nitrogens with zero attached hydrogens (tertiary/aromatic N) is 3. The Bertz CT molecular complexity index is 395. The van der Waals surface area contributed by atoms with Gasteiger partial charge in [-0.3, -0.25) is 0 Å². The highest BCUT2D eigenvalue weighted by molar-refractivity contribution is 4.72. The zero-order chi connectivity index (χ0) is 20.9. The van der Waals surface area contributed by atoms with Gasteiger partial charge in [0.25, 0.3) is 0 Å². The van der Waals surface area contributed by atoms with Crippen molar-refractivity contribution in [2.75, 3.05) is 72.6 Å². The summed E-state index contributed by atoms with van der Waals surface area (Å²) >= 11 is 0. The minimum Gasteiger partial charge on any atom is -0.379 e. The lowest BCUT2D eigenvalue weighted by Gasteiger charge is -2.24. The molecule has 0 aromatic carbocycles. The highest BCUT2D eigenvalue weighted by atomic mass is 16.6. The van der Waals surface area contributed by atoms with Crippen LogP contribution in [-0.2, 0) is 23.7 Å². The van der Waals surface area contributed by atoms with Crippen LogP contribution in [0.1, 0.15) is 40.5 Å². The maximum absolute atomic E-state index is 8.77. The first kappa shape index (κ1) is 27.1. The van der Waals surface area contributed by atoms with Crippen LogP contribution in [-0.4, -0.2) is 78.3 Å². The van der Waals surface area contributed by atoms with Crippen LogP contribution in [0.4, 0.5) is 0 Å². The lowest BCUT2D eigenvalue weighted by molar-refractivity contribution is -0.0747. The second-order valence-corrected chi connectivity index (χ2v) is 6.95. The Morgan fingerprint density at radius 1 is 0.893 bits per heavy atom. The molecule has 0 aromatic rings.